The molecule has 7 nitrogen and oxygen atoms in total. The largest absolute Gasteiger partial charge is 0.493 e. The van der Waals surface area contributed by atoms with Gasteiger partial charge in [0, 0.05) is 22.7 Å². The number of hydrogen-bond acceptors (Lipinski definition) is 7. The van der Waals surface area contributed by atoms with Crippen LogP contribution in [0.25, 0.3) is 0 Å². The Morgan fingerprint density at radius 3 is 2.37 bits per heavy atom. The molecular formula is C19H15ClN2O5. The summed E-state index contributed by atoms with van der Waals surface area (Å²) in [7, 11) is 3.05. The molecule has 27 heavy (non-hydrogen) atoms. The van der Waals surface area contributed by atoms with Gasteiger partial charge in [-0.2, -0.15) is 5.26 Å². The van der Waals surface area contributed by atoms with Crippen LogP contribution in [0.1, 0.15) is 17.0 Å². The molecule has 0 aromatic heterocycles. The Bertz CT molecular complexity index is 1010. The molecule has 1 atom stereocenters. The van der Waals surface area contributed by atoms with Gasteiger partial charge in [-0.3, -0.25) is 0 Å². The Hall–Kier alpha value is -3.24. The molecule has 2 aliphatic heterocycles. The van der Waals surface area contributed by atoms with Crippen molar-refractivity contribution in [1.82, 2.24) is 0 Å². The van der Waals surface area contributed by atoms with Crippen molar-refractivity contribution in [2.45, 2.75) is 5.92 Å². The van der Waals surface area contributed by atoms with Crippen molar-refractivity contribution >= 4 is 11.6 Å². The Balaban J connectivity index is 1.95. The van der Waals surface area contributed by atoms with E-state index in [-0.39, 0.29) is 18.2 Å². The lowest BCUT2D eigenvalue weighted by atomic mass is 9.83. The van der Waals surface area contributed by atoms with E-state index in [4.69, 9.17) is 41.0 Å². The van der Waals surface area contributed by atoms with Gasteiger partial charge in [-0.05, 0) is 17.7 Å². The summed E-state index contributed by atoms with van der Waals surface area (Å²) in [6.45, 7) is 0.119. The minimum atomic E-state index is -0.555. The first-order valence-electron chi connectivity index (χ1n) is 8.00. The van der Waals surface area contributed by atoms with Crippen LogP contribution in [-0.4, -0.2) is 21.0 Å². The molecule has 2 aliphatic rings. The Labute approximate surface area is 160 Å². The molecule has 0 saturated heterocycles. The normalized spacial score (nSPS) is 17.0. The minimum absolute atomic E-state index is 0.0136. The van der Waals surface area contributed by atoms with E-state index in [0.29, 0.717) is 44.9 Å². The Morgan fingerprint density at radius 2 is 1.70 bits per heavy atom. The van der Waals surface area contributed by atoms with Gasteiger partial charge in [-0.1, -0.05) is 11.6 Å². The van der Waals surface area contributed by atoms with Gasteiger partial charge in [0.25, 0.3) is 0 Å². The van der Waals surface area contributed by atoms with Gasteiger partial charge in [0.1, 0.15) is 17.4 Å². The summed E-state index contributed by atoms with van der Waals surface area (Å²) in [5.41, 5.74) is 7.59. The van der Waals surface area contributed by atoms with E-state index < -0.39 is 5.92 Å². The van der Waals surface area contributed by atoms with Crippen molar-refractivity contribution in [2.75, 3.05) is 21.0 Å². The predicted octanol–water partition coefficient (Wildman–Crippen LogP) is 3.30. The molecular weight excluding hydrogens is 372 g/mol. The van der Waals surface area contributed by atoms with Crippen molar-refractivity contribution in [3.05, 3.63) is 51.9 Å². The highest BCUT2D eigenvalue weighted by atomic mass is 35.5. The van der Waals surface area contributed by atoms with Crippen LogP contribution in [0.15, 0.2) is 35.7 Å². The molecule has 0 radical (unpaired) electrons. The smallest absolute Gasteiger partial charge is 0.231 e. The lowest BCUT2D eigenvalue weighted by Gasteiger charge is -2.27. The summed E-state index contributed by atoms with van der Waals surface area (Å²) in [4.78, 5) is 0. The average Bonchev–Trinajstić information content (AvgIpc) is 3.12. The number of benzene rings is 2. The third-order valence-corrected chi connectivity index (χ3v) is 4.85. The van der Waals surface area contributed by atoms with Gasteiger partial charge in [0.05, 0.1) is 20.1 Å². The quantitative estimate of drug-likeness (QED) is 0.864. The Kier molecular flexibility index (Phi) is 4.13. The van der Waals surface area contributed by atoms with Crippen molar-refractivity contribution in [1.29, 1.82) is 5.26 Å². The first kappa shape index (κ1) is 17.2. The number of nitrogens with two attached hydrogens (primary N) is 1. The molecule has 2 aromatic rings. The molecule has 0 spiro atoms. The van der Waals surface area contributed by atoms with E-state index in [2.05, 4.69) is 6.07 Å². The second-order valence-corrected chi connectivity index (χ2v) is 6.30. The van der Waals surface area contributed by atoms with Crippen molar-refractivity contribution < 1.29 is 23.7 Å². The summed E-state index contributed by atoms with van der Waals surface area (Å²) >= 11 is 6.52. The number of allylic oxidation sites excluding steroid dienone is 1. The number of hydrogen-bond donors (Lipinski definition) is 1. The highest BCUT2D eigenvalue weighted by molar-refractivity contribution is 6.31. The third kappa shape index (κ3) is 2.66. The fourth-order valence-electron chi connectivity index (χ4n) is 3.26. The standard InChI is InChI=1S/C19H15ClN2O5/c1-23-14-3-9(12(20)5-15(14)24-2)18-10-4-16-17(26-8-25-16)6-13(10)27-19(22)11(18)7-21/h3-6,18H,8,22H2,1-2H3/t18-/m0/s1. The van der Waals surface area contributed by atoms with Gasteiger partial charge in [-0.25, -0.2) is 0 Å². The molecule has 138 valence electrons. The zero-order valence-corrected chi connectivity index (χ0v) is 15.3. The topological polar surface area (TPSA) is 96.0 Å². The van der Waals surface area contributed by atoms with Crippen LogP contribution in [0.5, 0.6) is 28.7 Å². The van der Waals surface area contributed by atoms with Crippen molar-refractivity contribution in [3.63, 3.8) is 0 Å². The van der Waals surface area contributed by atoms with Crippen molar-refractivity contribution in [3.8, 4) is 34.8 Å². The summed E-state index contributed by atoms with van der Waals surface area (Å²) in [5.74, 6) is 2.03. The molecule has 0 fully saturated rings. The average molecular weight is 387 g/mol. The fraction of sp³-hybridized carbons (Fsp3) is 0.211. The van der Waals surface area contributed by atoms with Crippen LogP contribution < -0.4 is 29.4 Å². The summed E-state index contributed by atoms with van der Waals surface area (Å²) < 4.78 is 27.2. The number of ether oxygens (including phenoxy) is 5. The van der Waals surface area contributed by atoms with Crippen molar-refractivity contribution in [2.24, 2.45) is 5.73 Å². The highest BCUT2D eigenvalue weighted by Crippen LogP contribution is 2.50. The molecule has 2 aromatic carbocycles. The van der Waals surface area contributed by atoms with Crippen LogP contribution in [-0.2, 0) is 0 Å². The van der Waals surface area contributed by atoms with Gasteiger partial charge in [-0.15, -0.1) is 0 Å². The SMILES string of the molecule is COc1cc(Cl)c([C@@H]2C(C#N)=C(N)Oc3cc4c(cc32)OCO4)cc1OC. The van der Waals surface area contributed by atoms with Crippen LogP contribution in [0, 0.1) is 11.3 Å². The maximum Gasteiger partial charge on any atom is 0.231 e. The molecule has 2 N–H and O–H groups in total. The second-order valence-electron chi connectivity index (χ2n) is 5.90. The summed E-state index contributed by atoms with van der Waals surface area (Å²) in [6, 6.07) is 8.98. The maximum atomic E-state index is 9.71. The van der Waals surface area contributed by atoms with Crippen LogP contribution >= 0.6 is 11.6 Å². The number of methoxy groups -OCH3 is 2. The number of halogens is 1. The lowest BCUT2D eigenvalue weighted by Crippen LogP contribution is -2.21. The highest BCUT2D eigenvalue weighted by Gasteiger charge is 2.35. The molecule has 8 heteroatoms. The molecule has 0 unspecified atom stereocenters. The van der Waals surface area contributed by atoms with E-state index in [0.717, 1.165) is 0 Å². The third-order valence-electron chi connectivity index (χ3n) is 4.52. The van der Waals surface area contributed by atoms with E-state index in [1.54, 1.807) is 24.3 Å². The minimum Gasteiger partial charge on any atom is -0.493 e. The predicted molar refractivity (Wildman–Crippen MR) is 96.4 cm³/mol. The van der Waals surface area contributed by atoms with Crippen LogP contribution in [0.3, 0.4) is 0 Å². The fourth-order valence-corrected chi connectivity index (χ4v) is 3.52. The van der Waals surface area contributed by atoms with Gasteiger partial charge >= 0.3 is 0 Å². The van der Waals surface area contributed by atoms with E-state index in [9.17, 15) is 5.26 Å². The van der Waals surface area contributed by atoms with E-state index >= 15 is 0 Å². The number of fused-ring (bicyclic) bond motifs is 2. The zero-order valence-electron chi connectivity index (χ0n) is 14.5. The van der Waals surface area contributed by atoms with Crippen LogP contribution in [0.4, 0.5) is 0 Å². The molecule has 4 rings (SSSR count). The number of rotatable bonds is 3. The molecule has 0 saturated carbocycles. The second kappa shape index (κ2) is 6.49. The molecule has 0 amide bonds. The number of nitriles is 1. The summed E-state index contributed by atoms with van der Waals surface area (Å²) in [6.07, 6.45) is 0. The molecule has 2 heterocycles. The zero-order chi connectivity index (χ0) is 19.1. The number of nitrogens with zero attached hydrogens (tertiary/aromatic N) is 1. The molecule has 0 bridgehead atoms. The Morgan fingerprint density at radius 1 is 1.04 bits per heavy atom. The van der Waals surface area contributed by atoms with E-state index in [1.807, 2.05) is 0 Å². The molecule has 0 aliphatic carbocycles. The van der Waals surface area contributed by atoms with Gasteiger partial charge in [0.15, 0.2) is 23.0 Å². The maximum absolute atomic E-state index is 9.71. The van der Waals surface area contributed by atoms with Gasteiger partial charge in [0.2, 0.25) is 12.7 Å². The van der Waals surface area contributed by atoms with Crippen LogP contribution in [0.2, 0.25) is 5.02 Å². The monoisotopic (exact) mass is 386 g/mol. The summed E-state index contributed by atoms with van der Waals surface area (Å²) in [5, 5.41) is 10.1. The van der Waals surface area contributed by atoms with E-state index in [1.165, 1.54) is 14.2 Å². The lowest BCUT2D eigenvalue weighted by molar-refractivity contribution is 0.174. The first-order chi connectivity index (χ1) is 13.1. The van der Waals surface area contributed by atoms with Gasteiger partial charge < -0.3 is 29.4 Å². The first-order valence-corrected chi connectivity index (χ1v) is 8.37.